The van der Waals surface area contributed by atoms with E-state index in [4.69, 9.17) is 5.73 Å². The Balaban J connectivity index is 2.80. The van der Waals surface area contributed by atoms with Gasteiger partial charge in [0, 0.05) is 16.8 Å². The summed E-state index contributed by atoms with van der Waals surface area (Å²) in [4.78, 5) is 0. The lowest BCUT2D eigenvalue weighted by molar-refractivity contribution is 0.498. The monoisotopic (exact) mass is 754 g/mol. The van der Waals surface area contributed by atoms with E-state index in [2.05, 4.69) is 173 Å². The maximum absolute atomic E-state index is 16.9. The molecule has 2 rings (SSSR count). The van der Waals surface area contributed by atoms with Crippen LogP contribution < -0.4 is 5.73 Å². The van der Waals surface area contributed by atoms with Gasteiger partial charge >= 0.3 is 0 Å². The summed E-state index contributed by atoms with van der Waals surface area (Å²) in [5.41, 5.74) is 17.1. The van der Waals surface area contributed by atoms with E-state index < -0.39 is 11.6 Å². The van der Waals surface area contributed by atoms with Crippen molar-refractivity contribution in [2.24, 2.45) is 16.7 Å². The number of halogens is 2. The SMILES string of the molecule is C=C(/C=C\C(=CC)C(C)(C)C)c1ccc(C(C)(C)C/C=C(\CCC)c2c(N)c(C(C)CC)c(/C(=C/C=C(\C)C(C)(C)C)C(C)CC)c(F)c2F)cc1C(C)C. The molecule has 0 aliphatic rings. The summed E-state index contributed by atoms with van der Waals surface area (Å²) in [6.45, 7) is 41.1. The summed E-state index contributed by atoms with van der Waals surface area (Å²) < 4.78 is 33.7. The number of anilines is 1. The van der Waals surface area contributed by atoms with Gasteiger partial charge in [-0.2, -0.15) is 0 Å². The molecule has 0 saturated heterocycles. The summed E-state index contributed by atoms with van der Waals surface area (Å²) in [5, 5.41) is 0. The lowest BCUT2D eigenvalue weighted by Crippen LogP contribution is -2.18. The van der Waals surface area contributed by atoms with Crippen LogP contribution in [0.15, 0.2) is 72.4 Å². The molecule has 55 heavy (non-hydrogen) atoms. The molecular weight excluding hydrogens is 677 g/mol. The van der Waals surface area contributed by atoms with Crippen LogP contribution in [0.3, 0.4) is 0 Å². The first kappa shape index (κ1) is 47.7. The summed E-state index contributed by atoms with van der Waals surface area (Å²) in [5.74, 6) is -1.37. The largest absolute Gasteiger partial charge is 0.398 e. The summed E-state index contributed by atoms with van der Waals surface area (Å²) >= 11 is 0. The minimum absolute atomic E-state index is 0.0156. The highest BCUT2D eigenvalue weighted by Gasteiger charge is 2.31. The molecule has 0 aromatic heterocycles. The molecule has 0 bridgehead atoms. The molecule has 2 N–H and O–H groups in total. The lowest BCUT2D eigenvalue weighted by Gasteiger charge is -2.28. The zero-order valence-electron chi connectivity index (χ0n) is 38.0. The molecule has 0 aliphatic heterocycles. The fraction of sp³-hybridized carbons (Fsp3) is 0.538. The molecule has 2 atom stereocenters. The molecule has 2 unspecified atom stereocenters. The van der Waals surface area contributed by atoms with Crippen LogP contribution in [-0.2, 0) is 5.41 Å². The van der Waals surface area contributed by atoms with Crippen molar-refractivity contribution >= 4 is 22.4 Å². The summed E-state index contributed by atoms with van der Waals surface area (Å²) in [7, 11) is 0. The molecule has 0 saturated carbocycles. The predicted octanol–water partition coefficient (Wildman–Crippen LogP) is 16.7. The van der Waals surface area contributed by atoms with E-state index in [0.29, 0.717) is 30.0 Å². The van der Waals surface area contributed by atoms with Crippen molar-refractivity contribution in [2.75, 3.05) is 5.73 Å². The fourth-order valence-corrected chi connectivity index (χ4v) is 7.12. The highest BCUT2D eigenvalue weighted by Crippen LogP contribution is 2.45. The average molecular weight is 754 g/mol. The van der Waals surface area contributed by atoms with Gasteiger partial charge < -0.3 is 5.73 Å². The number of hydrogen-bond donors (Lipinski definition) is 1. The molecule has 1 nitrogen and oxygen atoms in total. The molecule has 0 heterocycles. The lowest BCUT2D eigenvalue weighted by atomic mass is 9.77. The molecule has 3 heteroatoms. The normalized spacial score (nSPS) is 15.3. The van der Waals surface area contributed by atoms with E-state index in [1.165, 1.54) is 22.3 Å². The maximum atomic E-state index is 16.9. The zero-order chi connectivity index (χ0) is 42.2. The molecule has 0 aliphatic carbocycles. The van der Waals surface area contributed by atoms with Crippen LogP contribution in [0.5, 0.6) is 0 Å². The first-order chi connectivity index (χ1) is 25.4. The fourth-order valence-electron chi connectivity index (χ4n) is 7.12. The Morgan fingerprint density at radius 2 is 1.44 bits per heavy atom. The quantitative estimate of drug-likeness (QED) is 0.134. The standard InChI is InChI=1S/C52H77F2N/c1-19-23-38(30-31-52(17,18)40-27-29-41(43(32-40)33(5)6)36(9)24-26-39(22-4)51(14,15)16)45-47(53)48(54)46(44(49(45)55)35(8)21-3)42(34(7)20-2)28-25-37(10)50(11,12)13/h22,24-30,32-35H,9,19-21,23,31,55H2,1-8,10-18H3/b26-24-,37-25+,38-30+,39-22?,42-28+. The van der Waals surface area contributed by atoms with Crippen molar-refractivity contribution in [1.29, 1.82) is 0 Å². The van der Waals surface area contributed by atoms with Crippen molar-refractivity contribution < 1.29 is 8.78 Å². The molecule has 0 fully saturated rings. The second kappa shape index (κ2) is 19.6. The number of hydrogen-bond acceptors (Lipinski definition) is 1. The Labute approximate surface area is 337 Å². The summed E-state index contributed by atoms with van der Waals surface area (Å²) in [6.07, 6.45) is 16.3. The molecule has 0 spiro atoms. The molecule has 0 amide bonds. The van der Waals surface area contributed by atoms with Gasteiger partial charge in [-0.25, -0.2) is 8.78 Å². The van der Waals surface area contributed by atoms with Crippen LogP contribution in [0, 0.1) is 28.4 Å². The minimum Gasteiger partial charge on any atom is -0.398 e. The van der Waals surface area contributed by atoms with E-state index in [-0.39, 0.29) is 33.6 Å². The predicted molar refractivity (Wildman–Crippen MR) is 243 cm³/mol. The molecule has 2 aromatic carbocycles. The molecule has 2 aromatic rings. The van der Waals surface area contributed by atoms with Gasteiger partial charge in [0.1, 0.15) is 0 Å². The van der Waals surface area contributed by atoms with Gasteiger partial charge in [-0.3, -0.25) is 0 Å². The zero-order valence-corrected chi connectivity index (χ0v) is 38.0. The Morgan fingerprint density at radius 3 is 1.93 bits per heavy atom. The number of benzene rings is 2. The van der Waals surface area contributed by atoms with E-state index in [9.17, 15) is 0 Å². The molecular formula is C52H77F2N. The Bertz CT molecular complexity index is 1810. The van der Waals surface area contributed by atoms with Crippen molar-refractivity contribution in [3.8, 4) is 0 Å². The van der Waals surface area contributed by atoms with Gasteiger partial charge in [-0.15, -0.1) is 0 Å². The van der Waals surface area contributed by atoms with Crippen LogP contribution in [0.2, 0.25) is 0 Å². The second-order valence-corrected chi connectivity index (χ2v) is 18.9. The highest BCUT2D eigenvalue weighted by atomic mass is 19.2. The molecule has 0 radical (unpaired) electrons. The highest BCUT2D eigenvalue weighted by molar-refractivity contribution is 5.85. The number of nitrogens with two attached hydrogens (primary N) is 1. The second-order valence-electron chi connectivity index (χ2n) is 18.9. The van der Waals surface area contributed by atoms with Crippen molar-refractivity contribution in [3.05, 3.63) is 117 Å². The minimum atomic E-state index is -0.840. The third kappa shape index (κ3) is 11.8. The van der Waals surface area contributed by atoms with Gasteiger partial charge in [0.2, 0.25) is 0 Å². The number of nitrogen functional groups attached to an aromatic ring is 1. The van der Waals surface area contributed by atoms with Crippen LogP contribution in [-0.4, -0.2) is 0 Å². The Kier molecular flexibility index (Phi) is 17.0. The van der Waals surface area contributed by atoms with Crippen molar-refractivity contribution in [1.82, 2.24) is 0 Å². The van der Waals surface area contributed by atoms with Crippen molar-refractivity contribution in [3.63, 3.8) is 0 Å². The van der Waals surface area contributed by atoms with E-state index >= 15 is 8.78 Å². The Morgan fingerprint density at radius 1 is 0.836 bits per heavy atom. The van der Waals surface area contributed by atoms with Crippen molar-refractivity contribution in [2.45, 2.75) is 167 Å². The third-order valence-corrected chi connectivity index (χ3v) is 11.8. The van der Waals surface area contributed by atoms with E-state index in [1.54, 1.807) is 0 Å². The summed E-state index contributed by atoms with van der Waals surface area (Å²) in [6, 6.07) is 6.72. The Hall–Kier alpha value is -3.46. The number of allylic oxidation sites excluding steroid dienone is 11. The first-order valence-electron chi connectivity index (χ1n) is 21.0. The van der Waals surface area contributed by atoms with Crippen LogP contribution in [0.25, 0.3) is 16.7 Å². The molecule has 304 valence electrons. The topological polar surface area (TPSA) is 26.0 Å². The van der Waals surface area contributed by atoms with E-state index in [1.807, 2.05) is 6.08 Å². The van der Waals surface area contributed by atoms with Gasteiger partial charge in [0.15, 0.2) is 11.6 Å². The van der Waals surface area contributed by atoms with Crippen LogP contribution in [0.1, 0.15) is 195 Å². The first-order valence-corrected chi connectivity index (χ1v) is 21.0. The van der Waals surface area contributed by atoms with Gasteiger partial charge in [0.25, 0.3) is 0 Å². The van der Waals surface area contributed by atoms with E-state index in [0.717, 1.165) is 47.1 Å². The average Bonchev–Trinajstić information content (AvgIpc) is 3.10. The van der Waals surface area contributed by atoms with Crippen LogP contribution in [0.4, 0.5) is 14.5 Å². The maximum Gasteiger partial charge on any atom is 0.169 e. The van der Waals surface area contributed by atoms with Crippen LogP contribution >= 0.6 is 0 Å². The van der Waals surface area contributed by atoms with Gasteiger partial charge in [-0.05, 0) is 118 Å². The van der Waals surface area contributed by atoms with Gasteiger partial charge in [0.05, 0.1) is 0 Å². The van der Waals surface area contributed by atoms with Gasteiger partial charge in [-0.1, -0.05) is 177 Å². The smallest absolute Gasteiger partial charge is 0.169 e. The third-order valence-electron chi connectivity index (χ3n) is 11.8. The number of rotatable bonds is 16.